The first kappa shape index (κ1) is 16.5. The summed E-state index contributed by atoms with van der Waals surface area (Å²) in [4.78, 5) is 9.35. The van der Waals surface area contributed by atoms with E-state index in [1.54, 1.807) is 0 Å². The molecule has 0 aliphatic heterocycles. The lowest BCUT2D eigenvalue weighted by Gasteiger charge is -2.13. The van der Waals surface area contributed by atoms with Crippen molar-refractivity contribution < 1.29 is 0 Å². The fourth-order valence-corrected chi connectivity index (χ4v) is 3.06. The van der Waals surface area contributed by atoms with Crippen LogP contribution in [-0.4, -0.2) is 17.0 Å². The molecule has 112 valence electrons. The molecule has 0 spiro atoms. The SMILES string of the molecule is CNc1nc(Cc2ccccc2Cl)nc(CC(C)C)c1I. The van der Waals surface area contributed by atoms with Crippen molar-refractivity contribution in [2.24, 2.45) is 5.92 Å². The molecule has 0 aliphatic rings. The number of nitrogens with zero attached hydrogens (tertiary/aromatic N) is 2. The first-order chi connectivity index (χ1) is 10.0. The van der Waals surface area contributed by atoms with Crippen molar-refractivity contribution in [3.63, 3.8) is 0 Å². The van der Waals surface area contributed by atoms with Gasteiger partial charge in [0, 0.05) is 18.5 Å². The van der Waals surface area contributed by atoms with Gasteiger partial charge in [-0.1, -0.05) is 43.6 Å². The van der Waals surface area contributed by atoms with E-state index in [1.807, 2.05) is 31.3 Å². The molecular weight excluding hydrogens is 397 g/mol. The first-order valence-electron chi connectivity index (χ1n) is 6.97. The van der Waals surface area contributed by atoms with E-state index >= 15 is 0 Å². The molecule has 3 nitrogen and oxygen atoms in total. The highest BCUT2D eigenvalue weighted by molar-refractivity contribution is 14.1. The third-order valence-electron chi connectivity index (χ3n) is 3.11. The second-order valence-corrected chi connectivity index (χ2v) is 6.85. The van der Waals surface area contributed by atoms with Crippen LogP contribution in [0.5, 0.6) is 0 Å². The summed E-state index contributed by atoms with van der Waals surface area (Å²) < 4.78 is 1.10. The molecule has 2 rings (SSSR count). The Morgan fingerprint density at radius 2 is 1.95 bits per heavy atom. The van der Waals surface area contributed by atoms with Gasteiger partial charge >= 0.3 is 0 Å². The number of rotatable bonds is 5. The van der Waals surface area contributed by atoms with Crippen LogP contribution in [0.1, 0.15) is 30.9 Å². The minimum absolute atomic E-state index is 0.561. The molecule has 0 saturated heterocycles. The Kier molecular flexibility index (Phi) is 5.81. The van der Waals surface area contributed by atoms with Crippen molar-refractivity contribution in [2.45, 2.75) is 26.7 Å². The molecule has 1 N–H and O–H groups in total. The molecule has 0 saturated carbocycles. The van der Waals surface area contributed by atoms with E-state index in [-0.39, 0.29) is 0 Å². The van der Waals surface area contributed by atoms with Gasteiger partial charge in [-0.3, -0.25) is 0 Å². The zero-order chi connectivity index (χ0) is 15.4. The van der Waals surface area contributed by atoms with Crippen molar-refractivity contribution in [1.82, 2.24) is 9.97 Å². The second-order valence-electron chi connectivity index (χ2n) is 5.37. The summed E-state index contributed by atoms with van der Waals surface area (Å²) in [7, 11) is 1.89. The van der Waals surface area contributed by atoms with E-state index in [0.29, 0.717) is 12.3 Å². The molecule has 0 amide bonds. The lowest BCUT2D eigenvalue weighted by atomic mass is 10.1. The lowest BCUT2D eigenvalue weighted by Crippen LogP contribution is -2.10. The third kappa shape index (κ3) is 4.30. The quantitative estimate of drug-likeness (QED) is 0.727. The molecule has 0 atom stereocenters. The number of hydrogen-bond donors (Lipinski definition) is 1. The van der Waals surface area contributed by atoms with E-state index in [1.165, 1.54) is 0 Å². The maximum Gasteiger partial charge on any atom is 0.143 e. The van der Waals surface area contributed by atoms with Crippen LogP contribution in [0.2, 0.25) is 5.02 Å². The lowest BCUT2D eigenvalue weighted by molar-refractivity contribution is 0.628. The number of anilines is 1. The maximum atomic E-state index is 6.23. The van der Waals surface area contributed by atoms with Gasteiger partial charge in [0.15, 0.2) is 0 Å². The van der Waals surface area contributed by atoms with Gasteiger partial charge in [0.05, 0.1) is 9.26 Å². The highest BCUT2D eigenvalue weighted by Crippen LogP contribution is 2.23. The van der Waals surface area contributed by atoms with Gasteiger partial charge in [-0.25, -0.2) is 9.97 Å². The van der Waals surface area contributed by atoms with Gasteiger partial charge in [-0.2, -0.15) is 0 Å². The number of nitrogens with one attached hydrogen (secondary N) is 1. The molecule has 1 aromatic heterocycles. The van der Waals surface area contributed by atoms with Crippen molar-refractivity contribution in [1.29, 1.82) is 0 Å². The molecule has 0 unspecified atom stereocenters. The average Bonchev–Trinajstić information content (AvgIpc) is 2.44. The summed E-state index contributed by atoms with van der Waals surface area (Å²) in [5, 5.41) is 3.92. The Bertz CT molecular complexity index is 629. The Labute approximate surface area is 144 Å². The number of aromatic nitrogens is 2. The van der Waals surface area contributed by atoms with Gasteiger partial charge in [-0.15, -0.1) is 0 Å². The van der Waals surface area contributed by atoms with Crippen molar-refractivity contribution in [3.8, 4) is 0 Å². The summed E-state index contributed by atoms with van der Waals surface area (Å²) in [5.41, 5.74) is 2.16. The largest absolute Gasteiger partial charge is 0.372 e. The van der Waals surface area contributed by atoms with Gasteiger partial charge in [0.2, 0.25) is 0 Å². The number of halogens is 2. The van der Waals surface area contributed by atoms with Crippen LogP contribution in [0.3, 0.4) is 0 Å². The van der Waals surface area contributed by atoms with Gasteiger partial charge in [-0.05, 0) is 46.6 Å². The van der Waals surface area contributed by atoms with Crippen molar-refractivity contribution in [3.05, 3.63) is 49.9 Å². The standard InChI is InChI=1S/C16H19ClIN3/c1-10(2)8-13-15(18)16(19-3)21-14(20-13)9-11-6-4-5-7-12(11)17/h4-7,10H,8-9H2,1-3H3,(H,19,20,21). The predicted octanol–water partition coefficient (Wildman–Crippen LogP) is 4.57. The Balaban J connectivity index is 2.37. The van der Waals surface area contributed by atoms with E-state index < -0.39 is 0 Å². The minimum atomic E-state index is 0.561. The third-order valence-corrected chi connectivity index (χ3v) is 4.61. The van der Waals surface area contributed by atoms with E-state index in [2.05, 4.69) is 46.7 Å². The zero-order valence-corrected chi connectivity index (χ0v) is 15.4. The van der Waals surface area contributed by atoms with Crippen LogP contribution >= 0.6 is 34.2 Å². The van der Waals surface area contributed by atoms with Gasteiger partial charge in [0.25, 0.3) is 0 Å². The molecule has 5 heteroatoms. The van der Waals surface area contributed by atoms with E-state index in [0.717, 1.165) is 37.9 Å². The summed E-state index contributed by atoms with van der Waals surface area (Å²) in [6, 6.07) is 7.84. The fraction of sp³-hybridized carbons (Fsp3) is 0.375. The normalized spacial score (nSPS) is 11.0. The summed E-state index contributed by atoms with van der Waals surface area (Å²) >= 11 is 8.55. The molecule has 0 radical (unpaired) electrons. The van der Waals surface area contributed by atoms with Crippen LogP contribution in [0, 0.1) is 9.49 Å². The van der Waals surface area contributed by atoms with E-state index in [9.17, 15) is 0 Å². The Morgan fingerprint density at radius 1 is 1.24 bits per heavy atom. The zero-order valence-electron chi connectivity index (χ0n) is 12.5. The Hall–Kier alpha value is -0.880. The average molecular weight is 416 g/mol. The number of benzene rings is 1. The Morgan fingerprint density at radius 3 is 2.57 bits per heavy atom. The summed E-state index contributed by atoms with van der Waals surface area (Å²) in [5.74, 6) is 2.26. The van der Waals surface area contributed by atoms with Crippen LogP contribution < -0.4 is 5.32 Å². The molecule has 1 aromatic carbocycles. The highest BCUT2D eigenvalue weighted by atomic mass is 127. The summed E-state index contributed by atoms with van der Waals surface area (Å²) in [6.07, 6.45) is 1.60. The van der Waals surface area contributed by atoms with E-state index in [4.69, 9.17) is 16.6 Å². The molecule has 1 heterocycles. The van der Waals surface area contributed by atoms with Crippen LogP contribution in [0.4, 0.5) is 5.82 Å². The smallest absolute Gasteiger partial charge is 0.143 e. The molecule has 0 fully saturated rings. The molecule has 21 heavy (non-hydrogen) atoms. The minimum Gasteiger partial charge on any atom is -0.372 e. The molecule has 2 aromatic rings. The molecular formula is C16H19ClIN3. The molecule has 0 aliphatic carbocycles. The van der Waals surface area contributed by atoms with Crippen LogP contribution in [0.25, 0.3) is 0 Å². The van der Waals surface area contributed by atoms with Crippen LogP contribution in [0.15, 0.2) is 24.3 Å². The first-order valence-corrected chi connectivity index (χ1v) is 8.43. The maximum absolute atomic E-state index is 6.23. The van der Waals surface area contributed by atoms with Crippen molar-refractivity contribution in [2.75, 3.05) is 12.4 Å². The topological polar surface area (TPSA) is 37.8 Å². The van der Waals surface area contributed by atoms with Crippen molar-refractivity contribution >= 4 is 40.0 Å². The van der Waals surface area contributed by atoms with Gasteiger partial charge in [0.1, 0.15) is 11.6 Å². The fourth-order valence-electron chi connectivity index (χ4n) is 2.12. The number of hydrogen-bond acceptors (Lipinski definition) is 3. The monoisotopic (exact) mass is 415 g/mol. The van der Waals surface area contributed by atoms with Gasteiger partial charge < -0.3 is 5.32 Å². The second kappa shape index (κ2) is 7.40. The predicted molar refractivity (Wildman–Crippen MR) is 97.1 cm³/mol. The highest BCUT2D eigenvalue weighted by Gasteiger charge is 2.13. The summed E-state index contributed by atoms with van der Waals surface area (Å²) in [6.45, 7) is 4.40. The van der Waals surface area contributed by atoms with Crippen LogP contribution in [-0.2, 0) is 12.8 Å². The molecule has 0 bridgehead atoms.